The van der Waals surface area contributed by atoms with Crippen molar-refractivity contribution in [1.82, 2.24) is 14.7 Å². The number of benzene rings is 1. The fraction of sp³-hybridized carbons (Fsp3) is 0.579. The SMILES string of the molecule is CC1CCCCN1C(=O)CN1CCN(C(=O)Nc2ccc(Cl)cc2Cl)CC1. The lowest BCUT2D eigenvalue weighted by molar-refractivity contribution is -0.136. The number of hydrogen-bond acceptors (Lipinski definition) is 3. The van der Waals surface area contributed by atoms with Crippen LogP contribution >= 0.6 is 23.2 Å². The predicted molar refractivity (Wildman–Crippen MR) is 109 cm³/mol. The van der Waals surface area contributed by atoms with Crippen LogP contribution in [-0.2, 0) is 4.79 Å². The number of hydrogen-bond donors (Lipinski definition) is 1. The van der Waals surface area contributed by atoms with E-state index >= 15 is 0 Å². The largest absolute Gasteiger partial charge is 0.339 e. The Morgan fingerprint density at radius 3 is 2.52 bits per heavy atom. The molecule has 8 heteroatoms. The Balaban J connectivity index is 1.46. The number of piperidine rings is 1. The van der Waals surface area contributed by atoms with Crippen molar-refractivity contribution in [3.8, 4) is 0 Å². The topological polar surface area (TPSA) is 55.9 Å². The molecular weight excluding hydrogens is 387 g/mol. The molecule has 1 atom stereocenters. The van der Waals surface area contributed by atoms with E-state index in [0.29, 0.717) is 54.5 Å². The molecule has 2 aliphatic heterocycles. The van der Waals surface area contributed by atoms with Crippen LogP contribution in [0.5, 0.6) is 0 Å². The maximum absolute atomic E-state index is 12.6. The molecule has 1 unspecified atom stereocenters. The van der Waals surface area contributed by atoms with Crippen LogP contribution in [0, 0.1) is 0 Å². The predicted octanol–water partition coefficient (Wildman–Crippen LogP) is 3.54. The molecule has 0 aliphatic carbocycles. The molecule has 0 bridgehead atoms. The molecule has 0 saturated carbocycles. The summed E-state index contributed by atoms with van der Waals surface area (Å²) in [6, 6.07) is 5.13. The molecule has 148 valence electrons. The van der Waals surface area contributed by atoms with Crippen LogP contribution < -0.4 is 5.32 Å². The van der Waals surface area contributed by atoms with Crippen LogP contribution in [0.15, 0.2) is 18.2 Å². The van der Waals surface area contributed by atoms with E-state index in [2.05, 4.69) is 17.1 Å². The minimum absolute atomic E-state index is 0.185. The quantitative estimate of drug-likeness (QED) is 0.825. The fourth-order valence-electron chi connectivity index (χ4n) is 3.64. The molecular formula is C19H26Cl2N4O2. The van der Waals surface area contributed by atoms with Crippen LogP contribution in [0.1, 0.15) is 26.2 Å². The third-order valence-electron chi connectivity index (χ3n) is 5.31. The van der Waals surface area contributed by atoms with Crippen molar-refractivity contribution in [2.75, 3.05) is 44.6 Å². The standard InChI is InChI=1S/C19H26Cl2N4O2/c1-14-4-2-3-7-25(14)18(26)13-23-8-10-24(11-9-23)19(27)22-17-6-5-15(20)12-16(17)21/h5-6,12,14H,2-4,7-11,13H2,1H3,(H,22,27). The first kappa shape index (κ1) is 20.2. The monoisotopic (exact) mass is 412 g/mol. The highest BCUT2D eigenvalue weighted by molar-refractivity contribution is 6.36. The highest BCUT2D eigenvalue weighted by Gasteiger charge is 2.27. The van der Waals surface area contributed by atoms with Gasteiger partial charge in [0, 0.05) is 43.8 Å². The van der Waals surface area contributed by atoms with Crippen molar-refractivity contribution >= 4 is 40.8 Å². The number of likely N-dealkylation sites (tertiary alicyclic amines) is 1. The van der Waals surface area contributed by atoms with Gasteiger partial charge in [-0.3, -0.25) is 9.69 Å². The van der Waals surface area contributed by atoms with Gasteiger partial charge in [-0.15, -0.1) is 0 Å². The number of carbonyl (C=O) groups is 2. The van der Waals surface area contributed by atoms with E-state index in [1.54, 1.807) is 23.1 Å². The molecule has 0 aromatic heterocycles. The fourth-order valence-corrected chi connectivity index (χ4v) is 4.10. The van der Waals surface area contributed by atoms with Gasteiger partial charge in [-0.2, -0.15) is 0 Å². The summed E-state index contributed by atoms with van der Waals surface area (Å²) in [5.41, 5.74) is 0.544. The molecule has 0 spiro atoms. The lowest BCUT2D eigenvalue weighted by Gasteiger charge is -2.38. The normalized spacial score (nSPS) is 21.2. The van der Waals surface area contributed by atoms with Crippen LogP contribution in [0.25, 0.3) is 0 Å². The van der Waals surface area contributed by atoms with E-state index in [9.17, 15) is 9.59 Å². The Morgan fingerprint density at radius 1 is 1.11 bits per heavy atom. The van der Waals surface area contributed by atoms with Crippen molar-refractivity contribution in [3.05, 3.63) is 28.2 Å². The first-order chi connectivity index (χ1) is 12.9. The lowest BCUT2D eigenvalue weighted by Crippen LogP contribution is -2.53. The van der Waals surface area contributed by atoms with E-state index in [1.807, 2.05) is 4.90 Å². The van der Waals surface area contributed by atoms with E-state index < -0.39 is 0 Å². The van der Waals surface area contributed by atoms with Crippen LogP contribution in [0.3, 0.4) is 0 Å². The number of urea groups is 1. The Bertz CT molecular complexity index is 692. The van der Waals surface area contributed by atoms with Crippen LogP contribution in [0.2, 0.25) is 10.0 Å². The molecule has 0 radical (unpaired) electrons. The van der Waals surface area contributed by atoms with Crippen molar-refractivity contribution < 1.29 is 9.59 Å². The Hall–Kier alpha value is -1.50. The smallest absolute Gasteiger partial charge is 0.321 e. The number of piperazine rings is 1. The molecule has 2 aliphatic rings. The molecule has 2 saturated heterocycles. The molecule has 6 nitrogen and oxygen atoms in total. The highest BCUT2D eigenvalue weighted by atomic mass is 35.5. The van der Waals surface area contributed by atoms with Crippen molar-refractivity contribution in [2.24, 2.45) is 0 Å². The van der Waals surface area contributed by atoms with Gasteiger partial charge in [0.05, 0.1) is 17.3 Å². The highest BCUT2D eigenvalue weighted by Crippen LogP contribution is 2.25. The number of anilines is 1. The average molecular weight is 413 g/mol. The molecule has 2 heterocycles. The summed E-state index contributed by atoms with van der Waals surface area (Å²) in [6.45, 7) is 5.97. The maximum Gasteiger partial charge on any atom is 0.321 e. The van der Waals surface area contributed by atoms with Gasteiger partial charge in [-0.25, -0.2) is 4.79 Å². The van der Waals surface area contributed by atoms with Gasteiger partial charge >= 0.3 is 6.03 Å². The average Bonchev–Trinajstić information content (AvgIpc) is 2.65. The van der Waals surface area contributed by atoms with Gasteiger partial charge in [0.15, 0.2) is 0 Å². The van der Waals surface area contributed by atoms with Crippen molar-refractivity contribution in [2.45, 2.75) is 32.2 Å². The summed E-state index contributed by atoms with van der Waals surface area (Å²) >= 11 is 12.0. The number of halogens is 2. The second kappa shape index (κ2) is 9.13. The summed E-state index contributed by atoms with van der Waals surface area (Å²) in [7, 11) is 0. The number of carbonyl (C=O) groups excluding carboxylic acids is 2. The molecule has 1 aromatic carbocycles. The summed E-state index contributed by atoms with van der Waals surface area (Å²) in [6.07, 6.45) is 3.39. The molecule has 1 aromatic rings. The molecule has 3 rings (SSSR count). The number of rotatable bonds is 3. The lowest BCUT2D eigenvalue weighted by atomic mass is 10.0. The van der Waals surface area contributed by atoms with Gasteiger partial charge in [0.2, 0.25) is 5.91 Å². The van der Waals surface area contributed by atoms with Gasteiger partial charge < -0.3 is 15.1 Å². The van der Waals surface area contributed by atoms with Gasteiger partial charge in [0.25, 0.3) is 0 Å². The minimum Gasteiger partial charge on any atom is -0.339 e. The van der Waals surface area contributed by atoms with Crippen molar-refractivity contribution in [3.63, 3.8) is 0 Å². The maximum atomic E-state index is 12.6. The first-order valence-corrected chi connectivity index (χ1v) is 10.2. The Labute approximate surface area is 170 Å². The van der Waals surface area contributed by atoms with Crippen LogP contribution in [-0.4, -0.2) is 71.9 Å². The summed E-state index contributed by atoms with van der Waals surface area (Å²) in [5.74, 6) is 0.202. The second-order valence-corrected chi connectivity index (χ2v) is 8.09. The minimum atomic E-state index is -0.185. The van der Waals surface area contributed by atoms with Crippen LogP contribution in [0.4, 0.5) is 10.5 Å². The van der Waals surface area contributed by atoms with Crippen molar-refractivity contribution in [1.29, 1.82) is 0 Å². The Morgan fingerprint density at radius 2 is 1.85 bits per heavy atom. The summed E-state index contributed by atoms with van der Waals surface area (Å²) in [5, 5.41) is 3.76. The van der Waals surface area contributed by atoms with E-state index in [4.69, 9.17) is 23.2 Å². The third kappa shape index (κ3) is 5.27. The van der Waals surface area contributed by atoms with Gasteiger partial charge in [0.1, 0.15) is 0 Å². The van der Waals surface area contributed by atoms with E-state index in [1.165, 1.54) is 6.42 Å². The first-order valence-electron chi connectivity index (χ1n) is 9.47. The number of nitrogens with zero attached hydrogens (tertiary/aromatic N) is 3. The van der Waals surface area contributed by atoms with Gasteiger partial charge in [-0.1, -0.05) is 23.2 Å². The zero-order valence-electron chi connectivity index (χ0n) is 15.6. The molecule has 27 heavy (non-hydrogen) atoms. The van der Waals surface area contributed by atoms with E-state index in [-0.39, 0.29) is 11.9 Å². The Kier molecular flexibility index (Phi) is 6.84. The zero-order valence-corrected chi connectivity index (χ0v) is 17.1. The molecule has 1 N–H and O–H groups in total. The van der Waals surface area contributed by atoms with Gasteiger partial charge in [-0.05, 0) is 44.4 Å². The number of nitrogens with one attached hydrogen (secondary N) is 1. The third-order valence-corrected chi connectivity index (χ3v) is 5.86. The molecule has 2 fully saturated rings. The summed E-state index contributed by atoms with van der Waals surface area (Å²) < 4.78 is 0. The van der Waals surface area contributed by atoms with E-state index in [0.717, 1.165) is 19.4 Å². The second-order valence-electron chi connectivity index (χ2n) is 7.25. The zero-order chi connectivity index (χ0) is 19.4. The summed E-state index contributed by atoms with van der Waals surface area (Å²) in [4.78, 5) is 30.9. The number of amides is 3. The molecule has 3 amide bonds.